The van der Waals surface area contributed by atoms with E-state index in [-0.39, 0.29) is 0 Å². The SMILES string of the molecule is C[N+](C)(C)N=Cc1cccc2ccccc12. The van der Waals surface area contributed by atoms with Gasteiger partial charge in [-0.3, -0.25) is 0 Å². The molecule has 82 valence electrons. The average Bonchev–Trinajstić information content (AvgIpc) is 2.25. The van der Waals surface area contributed by atoms with Crippen LogP contribution < -0.4 is 0 Å². The first kappa shape index (κ1) is 10.8. The minimum Gasteiger partial charge on any atom is -0.205 e. The summed E-state index contributed by atoms with van der Waals surface area (Å²) in [6.45, 7) is 0. The van der Waals surface area contributed by atoms with Crippen molar-refractivity contribution in [1.82, 2.24) is 0 Å². The van der Waals surface area contributed by atoms with Crippen molar-refractivity contribution < 1.29 is 4.59 Å². The highest BCUT2D eigenvalue weighted by atomic mass is 15.6. The summed E-state index contributed by atoms with van der Waals surface area (Å²) in [5.74, 6) is 0. The minimum absolute atomic E-state index is 0.587. The molecule has 0 bridgehead atoms. The van der Waals surface area contributed by atoms with E-state index >= 15 is 0 Å². The molecular weight excluding hydrogens is 196 g/mol. The largest absolute Gasteiger partial charge is 0.205 e. The van der Waals surface area contributed by atoms with Gasteiger partial charge in [-0.1, -0.05) is 47.6 Å². The molecular formula is C14H17N2+. The summed E-state index contributed by atoms with van der Waals surface area (Å²) in [4.78, 5) is 0. The Morgan fingerprint density at radius 3 is 2.38 bits per heavy atom. The zero-order valence-corrected chi connectivity index (χ0v) is 10.0. The molecule has 0 heterocycles. The lowest BCUT2D eigenvalue weighted by Crippen LogP contribution is -2.27. The Labute approximate surface area is 96.4 Å². The fraction of sp³-hybridized carbons (Fsp3) is 0.214. The topological polar surface area (TPSA) is 12.4 Å². The van der Waals surface area contributed by atoms with Gasteiger partial charge in [-0.05, 0) is 10.8 Å². The van der Waals surface area contributed by atoms with Crippen LogP contribution in [0.5, 0.6) is 0 Å². The molecule has 0 saturated heterocycles. The third-order valence-electron chi connectivity index (χ3n) is 2.37. The van der Waals surface area contributed by atoms with Crippen molar-refractivity contribution in [1.29, 1.82) is 0 Å². The molecule has 0 N–H and O–H groups in total. The quantitative estimate of drug-likeness (QED) is 0.413. The van der Waals surface area contributed by atoms with Crippen LogP contribution >= 0.6 is 0 Å². The van der Waals surface area contributed by atoms with E-state index in [9.17, 15) is 0 Å². The maximum atomic E-state index is 4.49. The summed E-state index contributed by atoms with van der Waals surface area (Å²) in [5.41, 5.74) is 1.17. The van der Waals surface area contributed by atoms with Gasteiger partial charge < -0.3 is 0 Å². The van der Waals surface area contributed by atoms with Crippen molar-refractivity contribution in [2.45, 2.75) is 0 Å². The van der Waals surface area contributed by atoms with Crippen LogP contribution in [-0.2, 0) is 0 Å². The normalized spacial score (nSPS) is 12.4. The third kappa shape index (κ3) is 2.47. The van der Waals surface area contributed by atoms with Crippen LogP contribution in [-0.4, -0.2) is 31.9 Å². The smallest absolute Gasteiger partial charge is 0.0923 e. The van der Waals surface area contributed by atoms with E-state index in [1.807, 2.05) is 27.4 Å². The van der Waals surface area contributed by atoms with Crippen LogP contribution in [0.3, 0.4) is 0 Å². The Hall–Kier alpha value is -1.67. The second kappa shape index (κ2) is 4.06. The van der Waals surface area contributed by atoms with Gasteiger partial charge in [0.1, 0.15) is 0 Å². The van der Waals surface area contributed by atoms with E-state index in [0.717, 1.165) is 0 Å². The molecule has 0 aromatic heterocycles. The summed E-state index contributed by atoms with van der Waals surface area (Å²) in [6.07, 6.45) is 1.95. The number of rotatable bonds is 2. The van der Waals surface area contributed by atoms with Crippen molar-refractivity contribution in [3.05, 3.63) is 48.0 Å². The first-order valence-electron chi connectivity index (χ1n) is 5.41. The lowest BCUT2D eigenvalue weighted by molar-refractivity contribution is -0.876. The summed E-state index contributed by atoms with van der Waals surface area (Å²) in [7, 11) is 6.13. The Bertz CT molecular complexity index is 516. The van der Waals surface area contributed by atoms with Gasteiger partial charge in [0.2, 0.25) is 0 Å². The molecule has 0 fully saturated rings. The second-order valence-electron chi connectivity index (χ2n) is 4.75. The Kier molecular flexibility index (Phi) is 2.75. The Morgan fingerprint density at radius 2 is 1.62 bits per heavy atom. The van der Waals surface area contributed by atoms with Crippen molar-refractivity contribution >= 4 is 17.0 Å². The van der Waals surface area contributed by atoms with Gasteiger partial charge in [0.25, 0.3) is 0 Å². The number of fused-ring (bicyclic) bond motifs is 1. The molecule has 2 aromatic carbocycles. The predicted octanol–water partition coefficient (Wildman–Crippen LogP) is 2.88. The minimum atomic E-state index is 0.587. The maximum absolute atomic E-state index is 4.49. The molecule has 2 nitrogen and oxygen atoms in total. The molecule has 0 amide bonds. The van der Waals surface area contributed by atoms with Crippen molar-refractivity contribution in [2.75, 3.05) is 21.1 Å². The van der Waals surface area contributed by atoms with Crippen LogP contribution in [0.4, 0.5) is 0 Å². The molecule has 0 aliphatic heterocycles. The molecule has 16 heavy (non-hydrogen) atoms. The second-order valence-corrected chi connectivity index (χ2v) is 4.75. The highest BCUT2D eigenvalue weighted by Gasteiger charge is 2.03. The summed E-state index contributed by atoms with van der Waals surface area (Å²) < 4.78 is 0.587. The number of nitrogens with zero attached hydrogens (tertiary/aromatic N) is 2. The van der Waals surface area contributed by atoms with E-state index in [4.69, 9.17) is 0 Å². The van der Waals surface area contributed by atoms with Crippen LogP contribution in [0.2, 0.25) is 0 Å². The number of hydrogen-bond donors (Lipinski definition) is 0. The van der Waals surface area contributed by atoms with E-state index in [2.05, 4.69) is 47.6 Å². The number of quaternary nitrogens is 1. The van der Waals surface area contributed by atoms with E-state index in [0.29, 0.717) is 4.59 Å². The maximum Gasteiger partial charge on any atom is 0.0923 e. The molecule has 0 saturated carbocycles. The first-order chi connectivity index (χ1) is 7.56. The molecule has 0 aliphatic carbocycles. The van der Waals surface area contributed by atoms with Gasteiger partial charge in [-0.25, -0.2) is 4.59 Å². The van der Waals surface area contributed by atoms with E-state index in [1.165, 1.54) is 16.3 Å². The summed E-state index contributed by atoms with van der Waals surface area (Å²) in [6, 6.07) is 14.7. The van der Waals surface area contributed by atoms with Crippen LogP contribution in [0.25, 0.3) is 10.8 Å². The fourth-order valence-corrected chi connectivity index (χ4v) is 1.60. The van der Waals surface area contributed by atoms with Gasteiger partial charge in [-0.2, -0.15) is 0 Å². The molecule has 0 unspecified atom stereocenters. The molecule has 0 aliphatic rings. The highest BCUT2D eigenvalue weighted by Crippen LogP contribution is 2.16. The van der Waals surface area contributed by atoms with Gasteiger partial charge in [0.15, 0.2) is 0 Å². The molecule has 2 aromatic rings. The van der Waals surface area contributed by atoms with Crippen LogP contribution in [0.1, 0.15) is 5.56 Å². The van der Waals surface area contributed by atoms with Crippen molar-refractivity contribution in [3.63, 3.8) is 0 Å². The van der Waals surface area contributed by atoms with Gasteiger partial charge in [-0.15, -0.1) is 0 Å². The predicted molar refractivity (Wildman–Crippen MR) is 69.6 cm³/mol. The lowest BCUT2D eigenvalue weighted by atomic mass is 10.1. The standard InChI is InChI=1S/C14H17N2/c1-16(2,3)15-11-13-9-6-8-12-7-4-5-10-14(12)13/h4-11H,1-3H3/q+1. The summed E-state index contributed by atoms with van der Waals surface area (Å²) >= 11 is 0. The molecule has 0 atom stereocenters. The van der Waals surface area contributed by atoms with Crippen molar-refractivity contribution in [2.24, 2.45) is 5.10 Å². The van der Waals surface area contributed by atoms with Crippen molar-refractivity contribution in [3.8, 4) is 0 Å². The first-order valence-corrected chi connectivity index (χ1v) is 5.41. The third-order valence-corrected chi connectivity index (χ3v) is 2.37. The van der Waals surface area contributed by atoms with E-state index in [1.54, 1.807) is 0 Å². The lowest BCUT2D eigenvalue weighted by Gasteiger charge is -2.14. The average molecular weight is 213 g/mol. The molecule has 0 spiro atoms. The zero-order chi connectivity index (χ0) is 11.6. The van der Waals surface area contributed by atoms with Crippen LogP contribution in [0, 0.1) is 0 Å². The van der Waals surface area contributed by atoms with Gasteiger partial charge in [0, 0.05) is 5.56 Å². The number of benzene rings is 2. The Morgan fingerprint density at radius 1 is 0.938 bits per heavy atom. The van der Waals surface area contributed by atoms with Crippen LogP contribution in [0.15, 0.2) is 47.6 Å². The molecule has 2 rings (SSSR count). The fourth-order valence-electron chi connectivity index (χ4n) is 1.60. The molecule has 0 radical (unpaired) electrons. The van der Waals surface area contributed by atoms with Gasteiger partial charge in [0.05, 0.1) is 27.4 Å². The van der Waals surface area contributed by atoms with Gasteiger partial charge >= 0.3 is 0 Å². The summed E-state index contributed by atoms with van der Waals surface area (Å²) in [5, 5.41) is 7.00. The Balaban J connectivity index is 2.49. The monoisotopic (exact) mass is 213 g/mol. The highest BCUT2D eigenvalue weighted by molar-refractivity contribution is 5.99. The zero-order valence-electron chi connectivity index (χ0n) is 10.0. The number of hydrogen-bond acceptors (Lipinski definition) is 1. The molecule has 2 heteroatoms. The van der Waals surface area contributed by atoms with E-state index < -0.39 is 0 Å².